The Bertz CT molecular complexity index is 878. The molecule has 5 N–H and O–H groups in total. The number of benzene rings is 1. The molecule has 0 aliphatic heterocycles. The number of nitrogens with one attached hydrogen (secondary N) is 5. The zero-order valence-corrected chi connectivity index (χ0v) is 23.9. The van der Waals surface area contributed by atoms with Gasteiger partial charge in [-0.15, -0.1) is 0 Å². The van der Waals surface area contributed by atoms with Gasteiger partial charge in [-0.2, -0.15) is 15.0 Å². The molecule has 1 amide bonds. The number of carbonyl (C=O) groups is 1. The van der Waals surface area contributed by atoms with Crippen molar-refractivity contribution in [1.82, 2.24) is 30.1 Å². The molecule has 0 saturated heterocycles. The highest BCUT2D eigenvalue weighted by Gasteiger charge is 2.09. The number of hydrogen-bond acceptors (Lipinski definition) is 10. The van der Waals surface area contributed by atoms with E-state index in [-0.39, 0.29) is 12.5 Å². The van der Waals surface area contributed by atoms with Gasteiger partial charge in [0.25, 0.3) is 0 Å². The summed E-state index contributed by atoms with van der Waals surface area (Å²) in [5.74, 6) is 1.54. The molecule has 1 aromatic heterocycles. The second kappa shape index (κ2) is 18.1. The van der Waals surface area contributed by atoms with Crippen molar-refractivity contribution < 1.29 is 4.79 Å². The maximum absolute atomic E-state index is 11.7. The lowest BCUT2D eigenvalue weighted by Gasteiger charge is -2.18. The van der Waals surface area contributed by atoms with E-state index in [9.17, 15) is 4.79 Å². The van der Waals surface area contributed by atoms with Crippen molar-refractivity contribution >= 4 is 35.1 Å². The van der Waals surface area contributed by atoms with Crippen LogP contribution in [0.15, 0.2) is 24.3 Å². The van der Waals surface area contributed by atoms with Gasteiger partial charge >= 0.3 is 0 Å². The number of likely N-dealkylation sites (N-methyl/N-ethyl adjacent to an activating group) is 1. The van der Waals surface area contributed by atoms with Crippen LogP contribution in [0, 0.1) is 0 Å². The van der Waals surface area contributed by atoms with Crippen LogP contribution in [0.5, 0.6) is 0 Å². The summed E-state index contributed by atoms with van der Waals surface area (Å²) in [5.41, 5.74) is 1.71. The normalized spacial score (nSPS) is 11.0. The van der Waals surface area contributed by atoms with Gasteiger partial charge in [-0.25, -0.2) is 0 Å². The summed E-state index contributed by atoms with van der Waals surface area (Å²) < 4.78 is 0. The number of rotatable bonds is 20. The van der Waals surface area contributed by atoms with Gasteiger partial charge in [-0.05, 0) is 83.3 Å². The molecule has 0 atom stereocenters. The van der Waals surface area contributed by atoms with Crippen LogP contribution in [0.4, 0.5) is 29.2 Å². The van der Waals surface area contributed by atoms with Gasteiger partial charge in [0, 0.05) is 31.0 Å². The Hall–Kier alpha value is -3.18. The molecule has 212 valence electrons. The molecule has 0 aliphatic rings. The zero-order chi connectivity index (χ0) is 27.6. The average molecular weight is 529 g/mol. The highest BCUT2D eigenvalue weighted by atomic mass is 16.1. The fourth-order valence-electron chi connectivity index (χ4n) is 3.92. The molecular weight excluding hydrogens is 480 g/mol. The predicted molar refractivity (Wildman–Crippen MR) is 159 cm³/mol. The Morgan fingerprint density at radius 1 is 0.684 bits per heavy atom. The van der Waals surface area contributed by atoms with Crippen molar-refractivity contribution in [3.05, 3.63) is 24.3 Å². The molecule has 0 unspecified atom stereocenters. The van der Waals surface area contributed by atoms with E-state index in [0.29, 0.717) is 24.4 Å². The molecular formula is C27H48N10O. The monoisotopic (exact) mass is 528 g/mol. The lowest BCUT2D eigenvalue weighted by molar-refractivity contribution is -0.119. The quantitative estimate of drug-likeness (QED) is 0.163. The number of anilines is 5. The number of amides is 1. The van der Waals surface area contributed by atoms with Crippen molar-refractivity contribution in [2.45, 2.75) is 47.5 Å². The first-order valence-corrected chi connectivity index (χ1v) is 14.1. The third kappa shape index (κ3) is 11.9. The fourth-order valence-corrected chi connectivity index (χ4v) is 3.92. The second-order valence-corrected chi connectivity index (χ2v) is 8.93. The highest BCUT2D eigenvalue weighted by Crippen LogP contribution is 2.18. The molecule has 11 nitrogen and oxygen atoms in total. The van der Waals surface area contributed by atoms with Gasteiger partial charge in [-0.1, -0.05) is 27.7 Å². The molecule has 1 heterocycles. The average Bonchev–Trinajstić information content (AvgIpc) is 2.93. The first-order valence-electron chi connectivity index (χ1n) is 14.1. The first kappa shape index (κ1) is 31.0. The lowest BCUT2D eigenvalue weighted by atomic mass is 10.3. The number of carbonyl (C=O) groups excluding carboxylic acids is 1. The van der Waals surface area contributed by atoms with E-state index in [2.05, 4.69) is 79.0 Å². The Labute approximate surface area is 228 Å². The van der Waals surface area contributed by atoms with Crippen LogP contribution in [-0.4, -0.2) is 96.1 Å². The molecule has 38 heavy (non-hydrogen) atoms. The third-order valence-electron chi connectivity index (χ3n) is 6.26. The number of aromatic nitrogens is 3. The summed E-state index contributed by atoms with van der Waals surface area (Å²) in [6.45, 7) is 19.4. The predicted octanol–water partition coefficient (Wildman–Crippen LogP) is 3.45. The van der Waals surface area contributed by atoms with Gasteiger partial charge in [0.15, 0.2) is 0 Å². The van der Waals surface area contributed by atoms with E-state index in [0.717, 1.165) is 76.6 Å². The first-order chi connectivity index (χ1) is 18.5. The maximum atomic E-state index is 11.7. The van der Waals surface area contributed by atoms with E-state index >= 15 is 0 Å². The van der Waals surface area contributed by atoms with Crippen LogP contribution in [-0.2, 0) is 4.79 Å². The van der Waals surface area contributed by atoms with Crippen molar-refractivity contribution in [2.24, 2.45) is 0 Å². The Kier molecular flexibility index (Phi) is 14.8. The molecule has 0 saturated carbocycles. The van der Waals surface area contributed by atoms with Crippen LogP contribution in [0.25, 0.3) is 0 Å². The van der Waals surface area contributed by atoms with Gasteiger partial charge in [0.1, 0.15) is 0 Å². The molecule has 0 bridgehead atoms. The van der Waals surface area contributed by atoms with Crippen LogP contribution in [0.2, 0.25) is 0 Å². The number of nitrogens with zero attached hydrogens (tertiary/aromatic N) is 5. The van der Waals surface area contributed by atoms with Gasteiger partial charge in [-0.3, -0.25) is 4.79 Å². The van der Waals surface area contributed by atoms with Crippen LogP contribution in [0.1, 0.15) is 47.5 Å². The van der Waals surface area contributed by atoms with E-state index < -0.39 is 0 Å². The molecule has 0 spiro atoms. The molecule has 0 radical (unpaired) electrons. The fraction of sp³-hybridized carbons (Fsp3) is 0.630. The molecule has 2 rings (SSSR count). The Morgan fingerprint density at radius 3 is 1.63 bits per heavy atom. The highest BCUT2D eigenvalue weighted by molar-refractivity contribution is 5.80. The summed E-state index contributed by atoms with van der Waals surface area (Å²) in [4.78, 5) is 30.3. The zero-order valence-electron chi connectivity index (χ0n) is 23.9. The van der Waals surface area contributed by atoms with Gasteiger partial charge in [0.05, 0.1) is 6.54 Å². The summed E-state index contributed by atoms with van der Waals surface area (Å²) in [6.07, 6.45) is 2.01. The minimum absolute atomic E-state index is 0.0332. The Morgan fingerprint density at radius 2 is 1.16 bits per heavy atom. The minimum Gasteiger partial charge on any atom is -0.376 e. The summed E-state index contributed by atoms with van der Waals surface area (Å²) in [7, 11) is 0. The molecule has 11 heteroatoms. The van der Waals surface area contributed by atoms with Gasteiger partial charge in [0.2, 0.25) is 23.8 Å². The lowest BCUT2D eigenvalue weighted by Crippen LogP contribution is -2.29. The van der Waals surface area contributed by atoms with Crippen LogP contribution >= 0.6 is 0 Å². The van der Waals surface area contributed by atoms with Crippen molar-refractivity contribution in [2.75, 3.05) is 86.7 Å². The third-order valence-corrected chi connectivity index (χ3v) is 6.26. The van der Waals surface area contributed by atoms with Crippen molar-refractivity contribution in [3.8, 4) is 0 Å². The second-order valence-electron chi connectivity index (χ2n) is 8.93. The summed E-state index contributed by atoms with van der Waals surface area (Å²) in [5, 5.41) is 15.9. The molecule has 0 fully saturated rings. The summed E-state index contributed by atoms with van der Waals surface area (Å²) in [6, 6.07) is 7.69. The van der Waals surface area contributed by atoms with E-state index in [1.807, 2.05) is 31.2 Å². The largest absolute Gasteiger partial charge is 0.376 e. The minimum atomic E-state index is -0.0332. The Balaban J connectivity index is 2.02. The van der Waals surface area contributed by atoms with Crippen molar-refractivity contribution in [3.63, 3.8) is 0 Å². The van der Waals surface area contributed by atoms with E-state index in [1.165, 1.54) is 0 Å². The van der Waals surface area contributed by atoms with Crippen molar-refractivity contribution in [1.29, 1.82) is 0 Å². The van der Waals surface area contributed by atoms with E-state index in [4.69, 9.17) is 0 Å². The molecule has 1 aromatic carbocycles. The van der Waals surface area contributed by atoms with E-state index in [1.54, 1.807) is 0 Å². The smallest absolute Gasteiger partial charge is 0.239 e. The van der Waals surface area contributed by atoms with Crippen LogP contribution in [0.3, 0.4) is 0 Å². The van der Waals surface area contributed by atoms with Crippen LogP contribution < -0.4 is 26.6 Å². The topological polar surface area (TPSA) is 122 Å². The SMILES string of the molecule is CCNC(=O)CNc1ccc(Nc2nc(NCCCN(CC)CC)nc(NCCCN(CC)CC)n2)cc1. The molecule has 2 aromatic rings. The van der Waals surface area contributed by atoms with Gasteiger partial charge < -0.3 is 36.4 Å². The molecule has 0 aliphatic carbocycles. The standard InChI is InChI=1S/C27H48N10O/c1-6-28-24(38)21-31-22-13-15-23(16-14-22)32-27-34-25(29-17-11-19-36(7-2)8-3)33-26(35-27)30-18-12-20-37(9-4)10-5/h13-16,31H,6-12,17-21H2,1-5H3,(H,28,38)(H3,29,30,32,33,34,35). The summed E-state index contributed by atoms with van der Waals surface area (Å²) >= 11 is 0. The number of hydrogen-bond donors (Lipinski definition) is 5. The maximum Gasteiger partial charge on any atom is 0.239 e.